The number of rotatable bonds is 7. The standard InChI is InChI=1S/C17H21ClN2O/c1-3-9-19-16(17-15(18)8-5-10-20-17)12-13-6-4-7-14(11-13)21-2/h4-8,10-11,16,19H,3,9,12H2,1-2H3. The van der Waals surface area contributed by atoms with Crippen LogP contribution in [-0.4, -0.2) is 18.6 Å². The van der Waals surface area contributed by atoms with Crippen molar-refractivity contribution in [3.8, 4) is 5.75 Å². The van der Waals surface area contributed by atoms with E-state index in [-0.39, 0.29) is 6.04 Å². The van der Waals surface area contributed by atoms with E-state index < -0.39 is 0 Å². The van der Waals surface area contributed by atoms with Crippen molar-refractivity contribution in [1.82, 2.24) is 10.3 Å². The third-order valence-electron chi connectivity index (χ3n) is 3.33. The number of benzene rings is 1. The van der Waals surface area contributed by atoms with Gasteiger partial charge in [-0.2, -0.15) is 0 Å². The topological polar surface area (TPSA) is 34.1 Å². The molecule has 1 aromatic carbocycles. The molecule has 0 saturated carbocycles. The molecule has 1 heterocycles. The molecule has 2 rings (SSSR count). The minimum atomic E-state index is 0.103. The van der Waals surface area contributed by atoms with Gasteiger partial charge in [0.1, 0.15) is 5.75 Å². The van der Waals surface area contributed by atoms with Crippen molar-refractivity contribution in [3.63, 3.8) is 0 Å². The van der Waals surface area contributed by atoms with Crippen molar-refractivity contribution >= 4 is 11.6 Å². The van der Waals surface area contributed by atoms with Gasteiger partial charge in [0.25, 0.3) is 0 Å². The Morgan fingerprint density at radius 2 is 2.14 bits per heavy atom. The van der Waals surface area contributed by atoms with Gasteiger partial charge >= 0.3 is 0 Å². The van der Waals surface area contributed by atoms with Crippen molar-refractivity contribution in [2.24, 2.45) is 0 Å². The number of aromatic nitrogens is 1. The molecule has 0 radical (unpaired) electrons. The molecule has 1 unspecified atom stereocenters. The van der Waals surface area contributed by atoms with E-state index in [1.165, 1.54) is 5.56 Å². The van der Waals surface area contributed by atoms with Gasteiger partial charge in [0.05, 0.1) is 23.9 Å². The highest BCUT2D eigenvalue weighted by atomic mass is 35.5. The second kappa shape index (κ2) is 8.01. The summed E-state index contributed by atoms with van der Waals surface area (Å²) in [6.07, 6.45) is 3.68. The number of nitrogens with zero attached hydrogens (tertiary/aromatic N) is 1. The van der Waals surface area contributed by atoms with Crippen LogP contribution in [0.25, 0.3) is 0 Å². The summed E-state index contributed by atoms with van der Waals surface area (Å²) < 4.78 is 5.28. The molecule has 0 aliphatic carbocycles. The summed E-state index contributed by atoms with van der Waals surface area (Å²) in [5, 5.41) is 4.23. The summed E-state index contributed by atoms with van der Waals surface area (Å²) in [6.45, 7) is 3.08. The molecule has 112 valence electrons. The second-order valence-electron chi connectivity index (χ2n) is 4.93. The molecule has 1 aromatic heterocycles. The largest absolute Gasteiger partial charge is 0.497 e. The first-order valence-electron chi connectivity index (χ1n) is 7.21. The molecule has 21 heavy (non-hydrogen) atoms. The van der Waals surface area contributed by atoms with E-state index in [4.69, 9.17) is 16.3 Å². The Labute approximate surface area is 131 Å². The predicted octanol–water partition coefficient (Wildman–Crippen LogP) is 4.03. The minimum Gasteiger partial charge on any atom is -0.497 e. The van der Waals surface area contributed by atoms with Crippen molar-refractivity contribution < 1.29 is 4.74 Å². The van der Waals surface area contributed by atoms with Crippen molar-refractivity contribution in [3.05, 3.63) is 58.9 Å². The Kier molecular flexibility index (Phi) is 6.03. The summed E-state index contributed by atoms with van der Waals surface area (Å²) in [5.41, 5.74) is 2.10. The number of halogens is 1. The van der Waals surface area contributed by atoms with Crippen molar-refractivity contribution in [2.75, 3.05) is 13.7 Å². The maximum absolute atomic E-state index is 6.30. The Morgan fingerprint density at radius 1 is 1.29 bits per heavy atom. The molecule has 0 bridgehead atoms. The van der Waals surface area contributed by atoms with Gasteiger partial charge in [-0.05, 0) is 49.2 Å². The van der Waals surface area contributed by atoms with E-state index in [0.29, 0.717) is 5.02 Å². The van der Waals surface area contributed by atoms with E-state index in [2.05, 4.69) is 29.4 Å². The molecule has 0 spiro atoms. The summed E-state index contributed by atoms with van der Waals surface area (Å²) in [4.78, 5) is 4.44. The zero-order valence-corrected chi connectivity index (χ0v) is 13.2. The van der Waals surface area contributed by atoms with Crippen LogP contribution in [0.1, 0.15) is 30.6 Å². The maximum atomic E-state index is 6.30. The molecule has 0 aliphatic rings. The fourth-order valence-corrected chi connectivity index (χ4v) is 2.53. The fraction of sp³-hybridized carbons (Fsp3) is 0.353. The van der Waals surface area contributed by atoms with Gasteiger partial charge in [-0.15, -0.1) is 0 Å². The lowest BCUT2D eigenvalue weighted by Gasteiger charge is -2.19. The van der Waals surface area contributed by atoms with Crippen LogP contribution in [0.4, 0.5) is 0 Å². The molecule has 4 heteroatoms. The van der Waals surface area contributed by atoms with Crippen LogP contribution in [0.3, 0.4) is 0 Å². The Balaban J connectivity index is 2.21. The lowest BCUT2D eigenvalue weighted by atomic mass is 10.0. The number of ether oxygens (including phenoxy) is 1. The SMILES string of the molecule is CCCNC(Cc1cccc(OC)c1)c1ncccc1Cl. The van der Waals surface area contributed by atoms with Gasteiger partial charge in [-0.3, -0.25) is 4.98 Å². The van der Waals surface area contributed by atoms with E-state index in [0.717, 1.165) is 30.8 Å². The molecule has 1 atom stereocenters. The zero-order chi connectivity index (χ0) is 15.1. The normalized spacial score (nSPS) is 12.1. The van der Waals surface area contributed by atoms with Crippen LogP contribution in [0, 0.1) is 0 Å². The first kappa shape index (κ1) is 15.8. The second-order valence-corrected chi connectivity index (χ2v) is 5.34. The van der Waals surface area contributed by atoms with Gasteiger partial charge in [0, 0.05) is 6.20 Å². The number of hydrogen-bond donors (Lipinski definition) is 1. The smallest absolute Gasteiger partial charge is 0.119 e. The van der Waals surface area contributed by atoms with Crippen LogP contribution >= 0.6 is 11.6 Å². The predicted molar refractivity (Wildman–Crippen MR) is 87.0 cm³/mol. The zero-order valence-electron chi connectivity index (χ0n) is 12.5. The van der Waals surface area contributed by atoms with Crippen LogP contribution in [-0.2, 0) is 6.42 Å². The Morgan fingerprint density at radius 3 is 2.86 bits per heavy atom. The van der Waals surface area contributed by atoms with Crippen molar-refractivity contribution in [2.45, 2.75) is 25.8 Å². The van der Waals surface area contributed by atoms with Crippen LogP contribution in [0.5, 0.6) is 5.75 Å². The highest BCUT2D eigenvalue weighted by Gasteiger charge is 2.16. The van der Waals surface area contributed by atoms with Gasteiger partial charge in [0.15, 0.2) is 0 Å². The first-order chi connectivity index (χ1) is 10.2. The van der Waals surface area contributed by atoms with E-state index in [1.54, 1.807) is 13.3 Å². The molecule has 0 amide bonds. The number of pyridine rings is 1. The van der Waals surface area contributed by atoms with Crippen LogP contribution in [0.2, 0.25) is 5.02 Å². The monoisotopic (exact) mass is 304 g/mol. The lowest BCUT2D eigenvalue weighted by molar-refractivity contribution is 0.413. The number of methoxy groups -OCH3 is 1. The van der Waals surface area contributed by atoms with Crippen LogP contribution in [0.15, 0.2) is 42.6 Å². The third kappa shape index (κ3) is 4.45. The quantitative estimate of drug-likeness (QED) is 0.838. The number of nitrogens with one attached hydrogen (secondary N) is 1. The van der Waals surface area contributed by atoms with Gasteiger partial charge in [0.2, 0.25) is 0 Å². The van der Waals surface area contributed by atoms with Gasteiger partial charge in [-0.25, -0.2) is 0 Å². The summed E-state index contributed by atoms with van der Waals surface area (Å²) in [6, 6.07) is 11.9. The summed E-state index contributed by atoms with van der Waals surface area (Å²) in [7, 11) is 1.68. The summed E-state index contributed by atoms with van der Waals surface area (Å²) >= 11 is 6.30. The maximum Gasteiger partial charge on any atom is 0.119 e. The molecular formula is C17H21ClN2O. The van der Waals surface area contributed by atoms with E-state index in [9.17, 15) is 0 Å². The molecule has 0 saturated heterocycles. The molecule has 2 aromatic rings. The summed E-state index contributed by atoms with van der Waals surface area (Å²) in [5.74, 6) is 0.869. The highest BCUT2D eigenvalue weighted by molar-refractivity contribution is 6.31. The number of hydrogen-bond acceptors (Lipinski definition) is 3. The van der Waals surface area contributed by atoms with E-state index in [1.807, 2.05) is 24.3 Å². The van der Waals surface area contributed by atoms with Gasteiger partial charge < -0.3 is 10.1 Å². The average Bonchev–Trinajstić information content (AvgIpc) is 2.52. The Bertz CT molecular complexity index is 574. The molecule has 0 aliphatic heterocycles. The molecule has 0 fully saturated rings. The van der Waals surface area contributed by atoms with Crippen molar-refractivity contribution in [1.29, 1.82) is 0 Å². The third-order valence-corrected chi connectivity index (χ3v) is 3.65. The molecule has 1 N–H and O–H groups in total. The molecular weight excluding hydrogens is 284 g/mol. The molecule has 3 nitrogen and oxygen atoms in total. The van der Waals surface area contributed by atoms with E-state index >= 15 is 0 Å². The Hall–Kier alpha value is -1.58. The van der Waals surface area contributed by atoms with Gasteiger partial charge in [-0.1, -0.05) is 30.7 Å². The highest BCUT2D eigenvalue weighted by Crippen LogP contribution is 2.25. The average molecular weight is 305 g/mol. The lowest BCUT2D eigenvalue weighted by Crippen LogP contribution is -2.25. The fourth-order valence-electron chi connectivity index (χ4n) is 2.27. The van der Waals surface area contributed by atoms with Crippen LogP contribution < -0.4 is 10.1 Å². The minimum absolute atomic E-state index is 0.103. The first-order valence-corrected chi connectivity index (χ1v) is 7.59.